The maximum Gasteiger partial charge on any atom is 0.336 e. The molecule has 0 fully saturated rings. The van der Waals surface area contributed by atoms with Gasteiger partial charge in [0.15, 0.2) is 0 Å². The minimum Gasteiger partial charge on any atom is -0.478 e. The van der Waals surface area contributed by atoms with Crippen molar-refractivity contribution in [3.8, 4) is 11.5 Å². The summed E-state index contributed by atoms with van der Waals surface area (Å²) in [6.07, 6.45) is 9.92. The molecule has 0 atom stereocenters. The van der Waals surface area contributed by atoms with Crippen LogP contribution in [0.5, 0.6) is 11.5 Å². The van der Waals surface area contributed by atoms with Gasteiger partial charge in [0, 0.05) is 21.9 Å². The summed E-state index contributed by atoms with van der Waals surface area (Å²) in [7, 11) is 0. The molecule has 0 bridgehead atoms. The summed E-state index contributed by atoms with van der Waals surface area (Å²) in [5.41, 5.74) is 6.30. The largest absolute Gasteiger partial charge is 0.478 e. The van der Waals surface area contributed by atoms with E-state index in [1.165, 1.54) is 0 Å². The molecule has 42 heavy (non-hydrogen) atoms. The lowest BCUT2D eigenvalue weighted by Crippen LogP contribution is -2.13. The van der Waals surface area contributed by atoms with Gasteiger partial charge in [-0.1, -0.05) is 62.1 Å². The number of carboxylic acids is 1. The van der Waals surface area contributed by atoms with Crippen LogP contribution in [0.2, 0.25) is 5.02 Å². The van der Waals surface area contributed by atoms with Crippen LogP contribution in [0.3, 0.4) is 0 Å². The van der Waals surface area contributed by atoms with E-state index in [9.17, 15) is 9.90 Å². The number of hydrogen-bond donors (Lipinski definition) is 1. The first kappa shape index (κ1) is 32.7. The normalized spacial score (nSPS) is 13.3. The first-order valence-corrected chi connectivity index (χ1v) is 15.0. The zero-order valence-electron chi connectivity index (χ0n) is 25.6. The number of allylic oxidation sites excluding steroid dienone is 4. The summed E-state index contributed by atoms with van der Waals surface area (Å²) in [4.78, 5) is 17.6. The molecule has 0 saturated carbocycles. The fourth-order valence-corrected chi connectivity index (χ4v) is 4.83. The highest BCUT2D eigenvalue weighted by atomic mass is 35.5. The van der Waals surface area contributed by atoms with Crippen molar-refractivity contribution in [2.24, 2.45) is 4.99 Å². The number of aliphatic carboxylic acids is 1. The average Bonchev–Trinajstić information content (AvgIpc) is 3.50. The van der Waals surface area contributed by atoms with Gasteiger partial charge in [0.1, 0.15) is 17.3 Å². The molecular weight excluding hydrogens is 546 g/mol. The number of ether oxygens (including phenoxy) is 1. The Bertz CT molecular complexity index is 1450. The molecule has 1 N–H and O–H groups in total. The summed E-state index contributed by atoms with van der Waals surface area (Å²) in [6, 6.07) is 15.3. The fraction of sp³-hybridized carbons (Fsp3) is 0.333. The molecule has 0 spiro atoms. The molecule has 222 valence electrons. The van der Waals surface area contributed by atoms with Gasteiger partial charge in [-0.05, 0) is 106 Å². The van der Waals surface area contributed by atoms with Gasteiger partial charge in [-0.2, -0.15) is 0 Å². The Morgan fingerprint density at radius 1 is 1.02 bits per heavy atom. The number of halogens is 1. The van der Waals surface area contributed by atoms with Gasteiger partial charge in [-0.3, -0.25) is 4.99 Å². The number of nitrogens with zero attached hydrogens (tertiary/aromatic N) is 1. The summed E-state index contributed by atoms with van der Waals surface area (Å²) >= 11 is 6.29. The van der Waals surface area contributed by atoms with Crippen LogP contribution in [0, 0.1) is 13.8 Å². The van der Waals surface area contributed by atoms with Crippen LogP contribution in [0.1, 0.15) is 82.2 Å². The lowest BCUT2D eigenvalue weighted by molar-refractivity contribution is -0.132. The smallest absolute Gasteiger partial charge is 0.336 e. The third-order valence-electron chi connectivity index (χ3n) is 7.02. The Morgan fingerprint density at radius 2 is 1.71 bits per heavy atom. The number of furan rings is 1. The summed E-state index contributed by atoms with van der Waals surface area (Å²) in [5.74, 6) is 1.12. The van der Waals surface area contributed by atoms with Crippen molar-refractivity contribution in [2.45, 2.75) is 80.2 Å². The molecule has 0 radical (unpaired) electrons. The number of aryl methyl sites for hydroxylation is 2. The van der Waals surface area contributed by atoms with Gasteiger partial charge in [-0.25, -0.2) is 4.79 Å². The third kappa shape index (κ3) is 9.09. The summed E-state index contributed by atoms with van der Waals surface area (Å²) < 4.78 is 11.7. The maximum absolute atomic E-state index is 12.7. The Morgan fingerprint density at radius 3 is 2.29 bits per heavy atom. The molecule has 0 unspecified atom stereocenters. The van der Waals surface area contributed by atoms with Gasteiger partial charge >= 0.3 is 5.97 Å². The van der Waals surface area contributed by atoms with Crippen LogP contribution in [0.4, 0.5) is 0 Å². The maximum atomic E-state index is 12.7. The Hall–Kier alpha value is -3.83. The van der Waals surface area contributed by atoms with Crippen LogP contribution in [-0.2, 0) is 11.3 Å². The standard InChI is InChI=1S/C36H42ClNO4/c1-7-9-12-24(3)34(32(36(39)40)22-29(13-10-8-2)33-14-11-19-41-33)27(6)38-23-28-15-17-30(18-16-28)42-31-20-25(4)35(37)26(5)21-31/h11,13-22H,7-10,12,23H2,1-6H3,(H,39,40)/b29-13?,32-22+,34-24?,38-27?. The van der Waals surface area contributed by atoms with E-state index in [0.717, 1.165) is 76.5 Å². The quantitative estimate of drug-likeness (QED) is 0.116. The van der Waals surface area contributed by atoms with E-state index in [-0.39, 0.29) is 5.57 Å². The van der Waals surface area contributed by atoms with Crippen LogP contribution >= 0.6 is 11.6 Å². The number of rotatable bonds is 14. The molecule has 3 rings (SSSR count). The number of carboxylic acid groups (broad SMARTS) is 1. The van der Waals surface area contributed by atoms with E-state index in [4.69, 9.17) is 25.7 Å². The second-order valence-electron chi connectivity index (χ2n) is 10.6. The minimum atomic E-state index is -0.987. The molecule has 5 nitrogen and oxygen atoms in total. The number of carbonyl (C=O) groups is 1. The number of unbranched alkanes of at least 4 members (excludes halogenated alkanes) is 2. The molecule has 0 aliphatic carbocycles. The highest BCUT2D eigenvalue weighted by molar-refractivity contribution is 6.32. The average molecular weight is 588 g/mol. The van der Waals surface area contributed by atoms with Gasteiger partial charge in [0.05, 0.1) is 18.4 Å². The first-order valence-electron chi connectivity index (χ1n) is 14.6. The van der Waals surface area contributed by atoms with Crippen LogP contribution in [0.15, 0.2) is 93.1 Å². The molecule has 0 saturated heterocycles. The Balaban J connectivity index is 1.91. The molecule has 1 aromatic heterocycles. The van der Waals surface area contributed by atoms with E-state index in [2.05, 4.69) is 13.8 Å². The fourth-order valence-electron chi connectivity index (χ4n) is 4.72. The van der Waals surface area contributed by atoms with Gasteiger partial charge in [0.25, 0.3) is 0 Å². The molecule has 0 aliphatic heterocycles. The lowest BCUT2D eigenvalue weighted by atomic mass is 9.91. The first-order chi connectivity index (χ1) is 20.1. The second kappa shape index (κ2) is 16.0. The van der Waals surface area contributed by atoms with Crippen LogP contribution in [0.25, 0.3) is 5.57 Å². The minimum absolute atomic E-state index is 0.223. The van der Waals surface area contributed by atoms with Crippen molar-refractivity contribution in [3.63, 3.8) is 0 Å². The third-order valence-corrected chi connectivity index (χ3v) is 7.62. The highest BCUT2D eigenvalue weighted by Gasteiger charge is 2.20. The lowest BCUT2D eigenvalue weighted by Gasteiger charge is -2.15. The van der Waals surface area contributed by atoms with Gasteiger partial charge in [0.2, 0.25) is 0 Å². The van der Waals surface area contributed by atoms with Crippen molar-refractivity contribution in [3.05, 3.63) is 111 Å². The summed E-state index contributed by atoms with van der Waals surface area (Å²) in [6.45, 7) is 12.5. The monoisotopic (exact) mass is 587 g/mol. The van der Waals surface area contributed by atoms with Crippen molar-refractivity contribution in [2.75, 3.05) is 0 Å². The number of hydrogen-bond acceptors (Lipinski definition) is 4. The predicted molar refractivity (Wildman–Crippen MR) is 174 cm³/mol. The van der Waals surface area contributed by atoms with Crippen molar-refractivity contribution in [1.82, 2.24) is 0 Å². The molecule has 6 heteroatoms. The molecule has 2 aromatic carbocycles. The van der Waals surface area contributed by atoms with Crippen LogP contribution < -0.4 is 4.74 Å². The van der Waals surface area contributed by atoms with Gasteiger partial charge < -0.3 is 14.3 Å². The van der Waals surface area contributed by atoms with Crippen molar-refractivity contribution >= 4 is 28.9 Å². The number of benzene rings is 2. The van der Waals surface area contributed by atoms with Gasteiger partial charge in [-0.15, -0.1) is 0 Å². The van der Waals surface area contributed by atoms with Crippen molar-refractivity contribution in [1.29, 1.82) is 0 Å². The SMILES string of the molecule is CCCC=C(/C=C(/C(=O)O)C(C(C)=NCc1ccc(Oc2cc(C)c(Cl)c(C)c2)cc1)=C(C)CCCC)c1ccco1. The number of aliphatic imine (C=N–C) groups is 1. The molecule has 0 amide bonds. The van der Waals surface area contributed by atoms with Crippen LogP contribution in [-0.4, -0.2) is 16.8 Å². The second-order valence-corrected chi connectivity index (χ2v) is 10.9. The van der Waals surface area contributed by atoms with E-state index in [1.54, 1.807) is 12.3 Å². The van der Waals surface area contributed by atoms with E-state index < -0.39 is 5.97 Å². The highest BCUT2D eigenvalue weighted by Crippen LogP contribution is 2.30. The molecule has 1 heterocycles. The predicted octanol–water partition coefficient (Wildman–Crippen LogP) is 10.7. The zero-order chi connectivity index (χ0) is 30.6. The van der Waals surface area contributed by atoms with E-state index >= 15 is 0 Å². The van der Waals surface area contributed by atoms with E-state index in [0.29, 0.717) is 23.6 Å². The molecule has 0 aliphatic rings. The van der Waals surface area contributed by atoms with Crippen molar-refractivity contribution < 1.29 is 19.1 Å². The summed E-state index contributed by atoms with van der Waals surface area (Å²) in [5, 5.41) is 11.1. The molecule has 3 aromatic rings. The Labute approximate surface area is 255 Å². The Kier molecular flexibility index (Phi) is 12.4. The molecular formula is C36H42ClNO4. The van der Waals surface area contributed by atoms with E-state index in [1.807, 2.05) is 82.3 Å². The zero-order valence-corrected chi connectivity index (χ0v) is 26.3. The topological polar surface area (TPSA) is 72.0 Å².